The van der Waals surface area contributed by atoms with Gasteiger partial charge in [0.15, 0.2) is 0 Å². The Bertz CT molecular complexity index is 336. The van der Waals surface area contributed by atoms with E-state index in [1.165, 1.54) is 7.11 Å². The minimum atomic E-state index is -0.395. The highest BCUT2D eigenvalue weighted by Gasteiger charge is 2.09. The maximum atomic E-state index is 11.3. The van der Waals surface area contributed by atoms with Gasteiger partial charge in [0.25, 0.3) is 0 Å². The number of hydrogen-bond acceptors (Lipinski definition) is 3. The summed E-state index contributed by atoms with van der Waals surface area (Å²) in [7, 11) is 1.33. The topological polar surface area (TPSA) is 55.4 Å². The van der Waals surface area contributed by atoms with Gasteiger partial charge in [-0.2, -0.15) is 0 Å². The van der Waals surface area contributed by atoms with E-state index in [0.29, 0.717) is 18.5 Å². The Hall–Kier alpha value is -1.84. The van der Waals surface area contributed by atoms with Gasteiger partial charge in [-0.3, -0.25) is 4.79 Å². The number of hydrogen-bond donors (Lipinski definition) is 1. The summed E-state index contributed by atoms with van der Waals surface area (Å²) in [5, 5.41) is 2.50. The highest BCUT2D eigenvalue weighted by Crippen LogP contribution is 2.09. The monoisotopic (exact) mass is 193 g/mol. The predicted molar refractivity (Wildman–Crippen MR) is 50.7 cm³/mol. The van der Waals surface area contributed by atoms with Crippen LogP contribution in [0.1, 0.15) is 15.9 Å². The van der Waals surface area contributed by atoms with Gasteiger partial charge in [0, 0.05) is 6.54 Å². The molecule has 1 N–H and O–H groups in total. The molecule has 14 heavy (non-hydrogen) atoms. The molecule has 0 atom stereocenters. The van der Waals surface area contributed by atoms with Gasteiger partial charge in [-0.25, -0.2) is 4.79 Å². The molecular weight excluding hydrogens is 182 g/mol. The smallest absolute Gasteiger partial charge is 0.338 e. The van der Waals surface area contributed by atoms with E-state index >= 15 is 0 Å². The summed E-state index contributed by atoms with van der Waals surface area (Å²) >= 11 is 0. The van der Waals surface area contributed by atoms with Gasteiger partial charge in [0.2, 0.25) is 6.41 Å². The minimum Gasteiger partial charge on any atom is -0.465 e. The van der Waals surface area contributed by atoms with E-state index < -0.39 is 5.97 Å². The van der Waals surface area contributed by atoms with Gasteiger partial charge >= 0.3 is 5.97 Å². The summed E-state index contributed by atoms with van der Waals surface area (Å²) < 4.78 is 4.60. The lowest BCUT2D eigenvalue weighted by atomic mass is 10.1. The van der Waals surface area contributed by atoms with E-state index in [1.807, 2.05) is 0 Å². The second-order valence-electron chi connectivity index (χ2n) is 2.65. The van der Waals surface area contributed by atoms with Gasteiger partial charge in [0.1, 0.15) is 0 Å². The maximum Gasteiger partial charge on any atom is 0.338 e. The summed E-state index contributed by atoms with van der Waals surface area (Å²) in [6, 6.07) is 6.97. The molecule has 1 aromatic carbocycles. The van der Waals surface area contributed by atoms with Crippen LogP contribution in [-0.4, -0.2) is 19.5 Å². The zero-order chi connectivity index (χ0) is 10.4. The molecule has 0 aromatic heterocycles. The molecule has 0 unspecified atom stereocenters. The number of methoxy groups -OCH3 is 1. The van der Waals surface area contributed by atoms with Crippen LogP contribution >= 0.6 is 0 Å². The Morgan fingerprint density at radius 2 is 2.21 bits per heavy atom. The molecule has 4 nitrogen and oxygen atoms in total. The molecule has 0 saturated heterocycles. The number of rotatable bonds is 4. The average Bonchev–Trinajstić information content (AvgIpc) is 2.25. The molecule has 1 amide bonds. The zero-order valence-electron chi connectivity index (χ0n) is 7.82. The number of carbonyl (C=O) groups excluding carboxylic acids is 2. The number of carbonyl (C=O) groups is 2. The fourth-order valence-electron chi connectivity index (χ4n) is 1.14. The molecule has 0 aliphatic carbocycles. The van der Waals surface area contributed by atoms with Crippen molar-refractivity contribution in [2.24, 2.45) is 0 Å². The van der Waals surface area contributed by atoms with Crippen LogP contribution in [0.15, 0.2) is 24.3 Å². The van der Waals surface area contributed by atoms with Crippen molar-refractivity contribution in [1.29, 1.82) is 0 Å². The van der Waals surface area contributed by atoms with Crippen molar-refractivity contribution in [3.05, 3.63) is 35.4 Å². The first kappa shape index (κ1) is 10.2. The van der Waals surface area contributed by atoms with Crippen LogP contribution in [0, 0.1) is 0 Å². The van der Waals surface area contributed by atoms with Gasteiger partial charge in [-0.1, -0.05) is 18.2 Å². The number of ether oxygens (including phenoxy) is 1. The second kappa shape index (κ2) is 5.01. The van der Waals surface area contributed by atoms with E-state index in [1.54, 1.807) is 24.3 Å². The average molecular weight is 193 g/mol. The van der Waals surface area contributed by atoms with Crippen molar-refractivity contribution in [2.45, 2.75) is 6.54 Å². The number of nitrogens with one attached hydrogen (secondary N) is 1. The summed E-state index contributed by atoms with van der Waals surface area (Å²) in [5.74, 6) is -0.395. The van der Waals surface area contributed by atoms with Crippen molar-refractivity contribution >= 4 is 12.4 Å². The summed E-state index contributed by atoms with van der Waals surface area (Å²) in [4.78, 5) is 21.4. The first-order valence-corrected chi connectivity index (χ1v) is 4.13. The third-order valence-electron chi connectivity index (χ3n) is 1.80. The SMILES string of the molecule is COC(=O)c1ccccc1CNC=O. The Labute approximate surface area is 81.9 Å². The number of benzene rings is 1. The quantitative estimate of drug-likeness (QED) is 0.566. The summed E-state index contributed by atoms with van der Waals surface area (Å²) in [6.45, 7) is 0.328. The molecule has 1 aromatic rings. The molecule has 0 aliphatic heterocycles. The first-order chi connectivity index (χ1) is 6.79. The van der Waals surface area contributed by atoms with Crippen LogP contribution in [0.4, 0.5) is 0 Å². The van der Waals surface area contributed by atoms with E-state index in [9.17, 15) is 9.59 Å². The molecule has 0 saturated carbocycles. The molecule has 0 fully saturated rings. The Morgan fingerprint density at radius 1 is 1.50 bits per heavy atom. The lowest BCUT2D eigenvalue weighted by Crippen LogP contribution is -2.14. The zero-order valence-corrected chi connectivity index (χ0v) is 7.82. The van der Waals surface area contributed by atoms with Crippen LogP contribution in [0.3, 0.4) is 0 Å². The normalized spacial score (nSPS) is 9.21. The van der Waals surface area contributed by atoms with E-state index in [4.69, 9.17) is 0 Å². The third kappa shape index (κ3) is 2.32. The minimum absolute atomic E-state index is 0.328. The second-order valence-corrected chi connectivity index (χ2v) is 2.65. The van der Waals surface area contributed by atoms with Crippen molar-refractivity contribution in [1.82, 2.24) is 5.32 Å². The lowest BCUT2D eigenvalue weighted by Gasteiger charge is -2.06. The maximum absolute atomic E-state index is 11.3. The molecule has 0 radical (unpaired) electrons. The molecule has 0 heterocycles. The van der Waals surface area contributed by atoms with Crippen LogP contribution in [0.25, 0.3) is 0 Å². The molecule has 0 aliphatic rings. The Morgan fingerprint density at radius 3 is 2.86 bits per heavy atom. The first-order valence-electron chi connectivity index (χ1n) is 4.13. The summed E-state index contributed by atoms with van der Waals surface area (Å²) in [6.07, 6.45) is 0.591. The number of amides is 1. The largest absolute Gasteiger partial charge is 0.465 e. The predicted octanol–water partition coefficient (Wildman–Crippen LogP) is 0.719. The fraction of sp³-hybridized carbons (Fsp3) is 0.200. The van der Waals surface area contributed by atoms with Crippen LogP contribution in [0.5, 0.6) is 0 Å². The van der Waals surface area contributed by atoms with Crippen molar-refractivity contribution in [3.8, 4) is 0 Å². The van der Waals surface area contributed by atoms with Crippen molar-refractivity contribution in [2.75, 3.05) is 7.11 Å². The van der Waals surface area contributed by atoms with Gasteiger partial charge in [0.05, 0.1) is 12.7 Å². The third-order valence-corrected chi connectivity index (χ3v) is 1.80. The highest BCUT2D eigenvalue weighted by atomic mass is 16.5. The number of esters is 1. The van der Waals surface area contributed by atoms with Crippen molar-refractivity contribution < 1.29 is 14.3 Å². The molecule has 74 valence electrons. The Kier molecular flexibility index (Phi) is 3.67. The fourth-order valence-corrected chi connectivity index (χ4v) is 1.14. The summed E-state index contributed by atoms with van der Waals surface area (Å²) in [5.41, 5.74) is 1.22. The molecule has 4 heteroatoms. The molecule has 1 rings (SSSR count). The Balaban J connectivity index is 2.90. The van der Waals surface area contributed by atoms with Crippen LogP contribution < -0.4 is 5.32 Å². The highest BCUT2D eigenvalue weighted by molar-refractivity contribution is 5.91. The van der Waals surface area contributed by atoms with Gasteiger partial charge in [-0.05, 0) is 11.6 Å². The van der Waals surface area contributed by atoms with E-state index in [2.05, 4.69) is 10.1 Å². The molecule has 0 bridgehead atoms. The van der Waals surface area contributed by atoms with Crippen LogP contribution in [-0.2, 0) is 16.1 Å². The van der Waals surface area contributed by atoms with Crippen LogP contribution in [0.2, 0.25) is 0 Å². The molecule has 0 spiro atoms. The van der Waals surface area contributed by atoms with Gasteiger partial charge < -0.3 is 10.1 Å². The van der Waals surface area contributed by atoms with E-state index in [-0.39, 0.29) is 0 Å². The van der Waals surface area contributed by atoms with E-state index in [0.717, 1.165) is 5.56 Å². The molecular formula is C10H11NO3. The van der Waals surface area contributed by atoms with Crippen molar-refractivity contribution in [3.63, 3.8) is 0 Å². The van der Waals surface area contributed by atoms with Gasteiger partial charge in [-0.15, -0.1) is 0 Å². The standard InChI is InChI=1S/C10H11NO3/c1-14-10(13)9-5-3-2-4-8(9)6-11-7-12/h2-5,7H,6H2,1H3,(H,11,12). The lowest BCUT2D eigenvalue weighted by molar-refractivity contribution is -0.109.